The molecule has 4 aromatic heterocycles. The van der Waals surface area contributed by atoms with Crippen LogP contribution < -0.4 is 0 Å². The van der Waals surface area contributed by atoms with E-state index in [1.165, 1.54) is 0 Å². The number of halogens is 2. The molecule has 0 fully saturated rings. The Bertz CT molecular complexity index is 1950. The van der Waals surface area contributed by atoms with E-state index < -0.39 is 0 Å². The molecule has 0 saturated heterocycles. The topological polar surface area (TPSA) is 51.6 Å². The average molecular weight is 696 g/mol. The van der Waals surface area contributed by atoms with Crippen LogP contribution in [0.5, 0.6) is 0 Å². The van der Waals surface area contributed by atoms with Crippen molar-refractivity contribution in [2.45, 2.75) is 0 Å². The van der Waals surface area contributed by atoms with Gasteiger partial charge >= 0.3 is 0 Å². The van der Waals surface area contributed by atoms with Gasteiger partial charge in [0.15, 0.2) is 0 Å². The lowest BCUT2D eigenvalue weighted by Gasteiger charge is -2.14. The number of pyridine rings is 4. The third kappa shape index (κ3) is 6.13. The van der Waals surface area contributed by atoms with Crippen molar-refractivity contribution in [3.05, 3.63) is 156 Å². The van der Waals surface area contributed by atoms with Gasteiger partial charge in [0.2, 0.25) is 0 Å². The van der Waals surface area contributed by atoms with Crippen LogP contribution in [-0.4, -0.2) is 19.9 Å². The highest BCUT2D eigenvalue weighted by molar-refractivity contribution is 9.10. The zero-order valence-corrected chi connectivity index (χ0v) is 26.6. The minimum absolute atomic E-state index is 0.940. The van der Waals surface area contributed by atoms with Crippen molar-refractivity contribution in [2.24, 2.45) is 0 Å². The summed E-state index contributed by atoms with van der Waals surface area (Å²) in [5.41, 5.74) is 13.0. The van der Waals surface area contributed by atoms with E-state index in [1.54, 1.807) is 24.8 Å². The summed E-state index contributed by atoms with van der Waals surface area (Å²) in [5.74, 6) is 0. The molecule has 0 amide bonds. The standard InChI is InChI=1S/C38H24Br2N4/c39-37-17-35(21-43-23-37)33-13-29(11-31(15-33)27-6-2-8-41-19-27)25-4-1-5-26(10-25)30-12-32(28-7-3-9-42-20-28)16-34(14-30)36-18-38(40)24-44-22-36/h1-24H. The van der Waals surface area contributed by atoms with Gasteiger partial charge in [-0.2, -0.15) is 0 Å². The van der Waals surface area contributed by atoms with Crippen molar-refractivity contribution in [3.63, 3.8) is 0 Å². The van der Waals surface area contributed by atoms with Crippen LogP contribution in [0.15, 0.2) is 156 Å². The third-order valence-electron chi connectivity index (χ3n) is 7.46. The molecular formula is C38H24Br2N4. The van der Waals surface area contributed by atoms with Gasteiger partial charge in [-0.15, -0.1) is 0 Å². The summed E-state index contributed by atoms with van der Waals surface area (Å²) < 4.78 is 1.88. The van der Waals surface area contributed by atoms with E-state index in [1.807, 2.05) is 36.9 Å². The van der Waals surface area contributed by atoms with Crippen LogP contribution in [0.4, 0.5) is 0 Å². The molecular weight excluding hydrogens is 672 g/mol. The Balaban J connectivity index is 1.38. The van der Waals surface area contributed by atoms with Crippen molar-refractivity contribution in [1.82, 2.24) is 19.9 Å². The van der Waals surface area contributed by atoms with Crippen molar-refractivity contribution < 1.29 is 0 Å². The van der Waals surface area contributed by atoms with Gasteiger partial charge in [0.05, 0.1) is 0 Å². The van der Waals surface area contributed by atoms with E-state index in [2.05, 4.69) is 137 Å². The van der Waals surface area contributed by atoms with E-state index in [4.69, 9.17) is 0 Å². The van der Waals surface area contributed by atoms with Gasteiger partial charge in [0, 0.05) is 80.8 Å². The largest absolute Gasteiger partial charge is 0.264 e. The predicted molar refractivity (Wildman–Crippen MR) is 186 cm³/mol. The van der Waals surface area contributed by atoms with E-state index in [9.17, 15) is 0 Å². The molecule has 3 aromatic carbocycles. The zero-order chi connectivity index (χ0) is 29.9. The Morgan fingerprint density at radius 3 is 1.02 bits per heavy atom. The normalized spacial score (nSPS) is 11.0. The molecule has 0 bridgehead atoms. The molecule has 0 unspecified atom stereocenters. The number of hydrogen-bond donors (Lipinski definition) is 0. The lowest BCUT2D eigenvalue weighted by molar-refractivity contribution is 1.31. The summed E-state index contributed by atoms with van der Waals surface area (Å²) >= 11 is 7.18. The Morgan fingerprint density at radius 1 is 0.295 bits per heavy atom. The molecule has 0 N–H and O–H groups in total. The fourth-order valence-corrected chi connectivity index (χ4v) is 6.07. The first-order valence-electron chi connectivity index (χ1n) is 14.0. The minimum Gasteiger partial charge on any atom is -0.264 e. The summed E-state index contributed by atoms with van der Waals surface area (Å²) in [5, 5.41) is 0. The molecule has 0 saturated carbocycles. The van der Waals surface area contributed by atoms with Crippen LogP contribution >= 0.6 is 31.9 Å². The molecule has 0 spiro atoms. The summed E-state index contributed by atoms with van der Waals surface area (Å²) in [4.78, 5) is 17.6. The van der Waals surface area contributed by atoms with Crippen LogP contribution in [0.1, 0.15) is 0 Å². The molecule has 0 aliphatic rings. The number of rotatable bonds is 6. The van der Waals surface area contributed by atoms with Crippen molar-refractivity contribution in [1.29, 1.82) is 0 Å². The smallest absolute Gasteiger partial charge is 0.0410 e. The van der Waals surface area contributed by atoms with E-state index in [-0.39, 0.29) is 0 Å². The first-order chi connectivity index (χ1) is 21.6. The van der Waals surface area contributed by atoms with Crippen LogP contribution in [0.25, 0.3) is 66.8 Å². The van der Waals surface area contributed by atoms with Crippen molar-refractivity contribution in [2.75, 3.05) is 0 Å². The van der Waals surface area contributed by atoms with E-state index in [0.717, 1.165) is 75.7 Å². The Hall–Kier alpha value is -4.78. The maximum absolute atomic E-state index is 4.42. The first kappa shape index (κ1) is 28.0. The van der Waals surface area contributed by atoms with Gasteiger partial charge in [-0.1, -0.05) is 30.3 Å². The van der Waals surface area contributed by atoms with Gasteiger partial charge in [0.25, 0.3) is 0 Å². The maximum Gasteiger partial charge on any atom is 0.0410 e. The van der Waals surface area contributed by atoms with Crippen LogP contribution in [-0.2, 0) is 0 Å². The summed E-state index contributed by atoms with van der Waals surface area (Å²) in [6, 6.07) is 34.3. The summed E-state index contributed by atoms with van der Waals surface area (Å²) in [6.45, 7) is 0. The van der Waals surface area contributed by atoms with Crippen LogP contribution in [0.2, 0.25) is 0 Å². The van der Waals surface area contributed by atoms with Gasteiger partial charge in [0.1, 0.15) is 0 Å². The maximum atomic E-state index is 4.42. The highest BCUT2D eigenvalue weighted by atomic mass is 79.9. The van der Waals surface area contributed by atoms with Gasteiger partial charge < -0.3 is 0 Å². The number of nitrogens with zero attached hydrogens (tertiary/aromatic N) is 4. The monoisotopic (exact) mass is 694 g/mol. The minimum atomic E-state index is 0.940. The van der Waals surface area contributed by atoms with Gasteiger partial charge in [-0.25, -0.2) is 0 Å². The molecule has 4 nitrogen and oxygen atoms in total. The first-order valence-corrected chi connectivity index (χ1v) is 15.6. The van der Waals surface area contributed by atoms with Crippen molar-refractivity contribution in [3.8, 4) is 66.8 Å². The summed E-state index contributed by atoms with van der Waals surface area (Å²) in [7, 11) is 0. The fraction of sp³-hybridized carbons (Fsp3) is 0. The molecule has 6 heteroatoms. The molecule has 0 atom stereocenters. The average Bonchev–Trinajstić information content (AvgIpc) is 3.09. The zero-order valence-electron chi connectivity index (χ0n) is 23.4. The highest BCUT2D eigenvalue weighted by Crippen LogP contribution is 2.37. The van der Waals surface area contributed by atoms with Crippen LogP contribution in [0, 0.1) is 0 Å². The second kappa shape index (κ2) is 12.4. The SMILES string of the molecule is Brc1cncc(-c2cc(-c3cccnc3)cc(-c3cccc(-c4cc(-c5cccnc5)cc(-c5cncc(Br)c5)c4)c3)c2)c1. The Labute approximate surface area is 272 Å². The lowest BCUT2D eigenvalue weighted by atomic mass is 9.91. The Morgan fingerprint density at radius 2 is 0.636 bits per heavy atom. The van der Waals surface area contributed by atoms with Crippen LogP contribution in [0.3, 0.4) is 0 Å². The third-order valence-corrected chi connectivity index (χ3v) is 8.33. The summed E-state index contributed by atoms with van der Waals surface area (Å²) in [6.07, 6.45) is 14.8. The molecule has 7 aromatic rings. The van der Waals surface area contributed by atoms with E-state index in [0.29, 0.717) is 0 Å². The quantitative estimate of drug-likeness (QED) is 0.174. The molecule has 210 valence electrons. The second-order valence-corrected chi connectivity index (χ2v) is 12.3. The van der Waals surface area contributed by atoms with E-state index >= 15 is 0 Å². The molecule has 4 heterocycles. The lowest BCUT2D eigenvalue weighted by Crippen LogP contribution is -1.89. The Kier molecular flexibility index (Phi) is 7.93. The second-order valence-electron chi connectivity index (χ2n) is 10.4. The van der Waals surface area contributed by atoms with Crippen molar-refractivity contribution >= 4 is 31.9 Å². The predicted octanol–water partition coefficient (Wildman–Crippen LogP) is 10.8. The molecule has 0 radical (unpaired) electrons. The number of aromatic nitrogens is 4. The fourth-order valence-electron chi connectivity index (χ4n) is 5.34. The molecule has 44 heavy (non-hydrogen) atoms. The number of benzene rings is 3. The van der Waals surface area contributed by atoms with Gasteiger partial charge in [-0.05, 0) is 143 Å². The molecule has 0 aliphatic heterocycles. The van der Waals surface area contributed by atoms with Gasteiger partial charge in [-0.3, -0.25) is 19.9 Å². The highest BCUT2D eigenvalue weighted by Gasteiger charge is 2.12. The number of hydrogen-bond acceptors (Lipinski definition) is 4. The molecule has 7 rings (SSSR count). The molecule has 0 aliphatic carbocycles.